The van der Waals surface area contributed by atoms with Gasteiger partial charge < -0.3 is 10.2 Å². The largest absolute Gasteiger partial charge is 0.480 e. The maximum absolute atomic E-state index is 10.8. The van der Waals surface area contributed by atoms with Crippen LogP contribution in [-0.4, -0.2) is 46.3 Å². The molecule has 1 fully saturated rings. The number of carbonyl (C=O) groups is 1. The topological polar surface area (TPSA) is 60.8 Å². The first-order valence-corrected chi connectivity index (χ1v) is 5.71. The van der Waals surface area contributed by atoms with E-state index in [0.717, 1.165) is 12.8 Å². The van der Waals surface area contributed by atoms with Crippen molar-refractivity contribution >= 4 is 5.97 Å². The van der Waals surface area contributed by atoms with Crippen LogP contribution in [0.3, 0.4) is 0 Å². The molecule has 0 aromatic heterocycles. The molecule has 1 aliphatic rings. The fraction of sp³-hybridized carbons (Fsp3) is 0.909. The summed E-state index contributed by atoms with van der Waals surface area (Å²) in [6.07, 6.45) is 2.46. The zero-order valence-electron chi connectivity index (χ0n) is 9.52. The van der Waals surface area contributed by atoms with Gasteiger partial charge in [0.1, 0.15) is 6.04 Å². The number of hydrogen-bond acceptors (Lipinski definition) is 3. The molecule has 0 aromatic carbocycles. The third kappa shape index (κ3) is 3.18. The highest BCUT2D eigenvalue weighted by atomic mass is 16.4. The number of likely N-dealkylation sites (tertiary alicyclic amines) is 1. The molecule has 88 valence electrons. The molecule has 3 atom stereocenters. The molecule has 0 saturated carbocycles. The Morgan fingerprint density at radius 3 is 2.80 bits per heavy atom. The summed E-state index contributed by atoms with van der Waals surface area (Å²) < 4.78 is 0. The minimum Gasteiger partial charge on any atom is -0.480 e. The van der Waals surface area contributed by atoms with Gasteiger partial charge in [-0.3, -0.25) is 9.69 Å². The molecular weight excluding hydrogens is 194 g/mol. The van der Waals surface area contributed by atoms with Gasteiger partial charge in [-0.05, 0) is 25.7 Å². The van der Waals surface area contributed by atoms with E-state index in [1.165, 1.54) is 0 Å². The van der Waals surface area contributed by atoms with Crippen LogP contribution in [0.15, 0.2) is 0 Å². The van der Waals surface area contributed by atoms with E-state index >= 15 is 0 Å². The molecule has 1 heterocycles. The molecule has 3 unspecified atom stereocenters. The fourth-order valence-electron chi connectivity index (χ4n) is 2.21. The highest BCUT2D eigenvalue weighted by Gasteiger charge is 2.31. The molecule has 1 saturated heterocycles. The lowest BCUT2D eigenvalue weighted by Crippen LogP contribution is -2.49. The second-order valence-electron chi connectivity index (χ2n) is 4.41. The van der Waals surface area contributed by atoms with Gasteiger partial charge in [0.15, 0.2) is 0 Å². The van der Waals surface area contributed by atoms with E-state index in [1.807, 2.05) is 4.90 Å². The van der Waals surface area contributed by atoms with Crippen molar-refractivity contribution < 1.29 is 15.0 Å². The van der Waals surface area contributed by atoms with Gasteiger partial charge in [-0.15, -0.1) is 0 Å². The Labute approximate surface area is 90.9 Å². The molecular formula is C11H21NO3. The van der Waals surface area contributed by atoms with Gasteiger partial charge in [-0.25, -0.2) is 0 Å². The molecule has 0 aliphatic carbocycles. The number of rotatable bonds is 4. The number of piperidine rings is 1. The molecule has 4 heteroatoms. The Bertz CT molecular complexity index is 220. The van der Waals surface area contributed by atoms with Crippen LogP contribution in [-0.2, 0) is 4.79 Å². The summed E-state index contributed by atoms with van der Waals surface area (Å²) in [4.78, 5) is 12.8. The first-order valence-electron chi connectivity index (χ1n) is 5.71. The van der Waals surface area contributed by atoms with Crippen molar-refractivity contribution in [2.24, 2.45) is 5.92 Å². The Morgan fingerprint density at radius 1 is 1.60 bits per heavy atom. The summed E-state index contributed by atoms with van der Waals surface area (Å²) >= 11 is 0. The second kappa shape index (κ2) is 5.47. The van der Waals surface area contributed by atoms with E-state index in [0.29, 0.717) is 19.5 Å². The van der Waals surface area contributed by atoms with Crippen LogP contribution in [0.1, 0.15) is 33.1 Å². The lowest BCUT2D eigenvalue weighted by molar-refractivity contribution is -0.144. The van der Waals surface area contributed by atoms with Crippen LogP contribution in [0.5, 0.6) is 0 Å². The Hall–Kier alpha value is -0.610. The van der Waals surface area contributed by atoms with Gasteiger partial charge in [-0.1, -0.05) is 13.3 Å². The first-order chi connectivity index (χ1) is 7.06. The van der Waals surface area contributed by atoms with Gasteiger partial charge >= 0.3 is 5.97 Å². The third-order valence-corrected chi connectivity index (χ3v) is 3.29. The number of nitrogens with zero attached hydrogens (tertiary/aromatic N) is 1. The number of hydrogen-bond donors (Lipinski definition) is 2. The smallest absolute Gasteiger partial charge is 0.320 e. The van der Waals surface area contributed by atoms with Crippen LogP contribution in [0, 0.1) is 5.92 Å². The van der Waals surface area contributed by atoms with E-state index in [4.69, 9.17) is 5.11 Å². The molecule has 0 radical (unpaired) electrons. The highest BCUT2D eigenvalue weighted by Crippen LogP contribution is 2.22. The molecule has 1 aliphatic heterocycles. The van der Waals surface area contributed by atoms with Crippen LogP contribution < -0.4 is 0 Å². The van der Waals surface area contributed by atoms with Crippen molar-refractivity contribution in [3.63, 3.8) is 0 Å². The molecule has 4 nitrogen and oxygen atoms in total. The summed E-state index contributed by atoms with van der Waals surface area (Å²) in [5.41, 5.74) is 0. The monoisotopic (exact) mass is 215 g/mol. The summed E-state index contributed by atoms with van der Waals surface area (Å²) in [6.45, 7) is 5.20. The SMILES string of the molecule is CCCC1CN(C(C)C(=O)O)CCC1O. The van der Waals surface area contributed by atoms with Crippen LogP contribution in [0.25, 0.3) is 0 Å². The highest BCUT2D eigenvalue weighted by molar-refractivity contribution is 5.72. The van der Waals surface area contributed by atoms with Crippen LogP contribution in [0.4, 0.5) is 0 Å². The molecule has 0 bridgehead atoms. The minimum absolute atomic E-state index is 0.241. The lowest BCUT2D eigenvalue weighted by Gasteiger charge is -2.38. The van der Waals surface area contributed by atoms with Gasteiger partial charge in [-0.2, -0.15) is 0 Å². The molecule has 2 N–H and O–H groups in total. The molecule has 1 rings (SSSR count). The summed E-state index contributed by atoms with van der Waals surface area (Å²) in [5, 5.41) is 18.7. The first kappa shape index (κ1) is 12.5. The number of aliphatic hydroxyl groups is 1. The predicted molar refractivity (Wildman–Crippen MR) is 57.7 cm³/mol. The van der Waals surface area contributed by atoms with Gasteiger partial charge in [0.05, 0.1) is 6.10 Å². The standard InChI is InChI=1S/C11H21NO3/c1-3-4-9-7-12(6-5-10(9)13)8(2)11(14)15/h8-10,13H,3-7H2,1-2H3,(H,14,15). The number of carboxylic acids is 1. The summed E-state index contributed by atoms with van der Waals surface area (Å²) in [6, 6.07) is -0.433. The number of aliphatic hydroxyl groups excluding tert-OH is 1. The van der Waals surface area contributed by atoms with Crippen molar-refractivity contribution in [1.29, 1.82) is 0 Å². The molecule has 15 heavy (non-hydrogen) atoms. The van der Waals surface area contributed by atoms with Gasteiger partial charge in [0.2, 0.25) is 0 Å². The van der Waals surface area contributed by atoms with Crippen molar-refractivity contribution in [3.05, 3.63) is 0 Å². The van der Waals surface area contributed by atoms with Gasteiger partial charge in [0.25, 0.3) is 0 Å². The molecule has 0 spiro atoms. The molecule has 0 aromatic rings. The molecule has 0 amide bonds. The summed E-state index contributed by atoms with van der Waals surface area (Å²) in [5.74, 6) is -0.535. The average molecular weight is 215 g/mol. The average Bonchev–Trinajstić information content (AvgIpc) is 2.20. The van der Waals surface area contributed by atoms with E-state index < -0.39 is 12.0 Å². The maximum atomic E-state index is 10.8. The van der Waals surface area contributed by atoms with E-state index in [2.05, 4.69) is 6.92 Å². The predicted octanol–water partition coefficient (Wildman–Crippen LogP) is 0.942. The Balaban J connectivity index is 2.53. The van der Waals surface area contributed by atoms with Gasteiger partial charge in [0, 0.05) is 13.1 Å². The zero-order valence-corrected chi connectivity index (χ0v) is 9.52. The normalized spacial score (nSPS) is 30.1. The quantitative estimate of drug-likeness (QED) is 0.732. The second-order valence-corrected chi connectivity index (χ2v) is 4.41. The lowest BCUT2D eigenvalue weighted by atomic mass is 9.90. The Kier molecular flexibility index (Phi) is 4.54. The van der Waals surface area contributed by atoms with Crippen LogP contribution >= 0.6 is 0 Å². The zero-order chi connectivity index (χ0) is 11.4. The van der Waals surface area contributed by atoms with E-state index in [9.17, 15) is 9.90 Å². The minimum atomic E-state index is -0.776. The number of aliphatic carboxylic acids is 1. The maximum Gasteiger partial charge on any atom is 0.320 e. The van der Waals surface area contributed by atoms with Crippen LogP contribution in [0.2, 0.25) is 0 Å². The number of carboxylic acid groups (broad SMARTS) is 1. The fourth-order valence-corrected chi connectivity index (χ4v) is 2.21. The van der Waals surface area contributed by atoms with Crippen molar-refractivity contribution in [2.75, 3.05) is 13.1 Å². The Morgan fingerprint density at radius 2 is 2.27 bits per heavy atom. The van der Waals surface area contributed by atoms with Crippen molar-refractivity contribution in [1.82, 2.24) is 4.90 Å². The third-order valence-electron chi connectivity index (χ3n) is 3.29. The van der Waals surface area contributed by atoms with Crippen molar-refractivity contribution in [3.8, 4) is 0 Å². The summed E-state index contributed by atoms with van der Waals surface area (Å²) in [7, 11) is 0. The van der Waals surface area contributed by atoms with E-state index in [-0.39, 0.29) is 12.0 Å². The van der Waals surface area contributed by atoms with Crippen molar-refractivity contribution in [2.45, 2.75) is 45.3 Å². The van der Waals surface area contributed by atoms with E-state index in [1.54, 1.807) is 6.92 Å².